The lowest BCUT2D eigenvalue weighted by Gasteiger charge is -2.21. The van der Waals surface area contributed by atoms with Gasteiger partial charge in [0.15, 0.2) is 0 Å². The van der Waals surface area contributed by atoms with Gasteiger partial charge in [-0.15, -0.1) is 11.8 Å². The van der Waals surface area contributed by atoms with Crippen molar-refractivity contribution in [3.05, 3.63) is 24.3 Å². The normalized spacial score (nSPS) is 11.1. The average Bonchev–Trinajstić information content (AvgIpc) is 2.39. The van der Waals surface area contributed by atoms with Crippen molar-refractivity contribution in [1.29, 1.82) is 0 Å². The van der Waals surface area contributed by atoms with Crippen LogP contribution in [0.1, 0.15) is 39.5 Å². The van der Waals surface area contributed by atoms with E-state index in [0.29, 0.717) is 18.6 Å². The van der Waals surface area contributed by atoms with Crippen molar-refractivity contribution in [1.82, 2.24) is 5.32 Å². The van der Waals surface area contributed by atoms with Gasteiger partial charge >= 0.3 is 0 Å². The van der Waals surface area contributed by atoms with E-state index in [0.717, 1.165) is 30.0 Å². The van der Waals surface area contributed by atoms with E-state index in [1.165, 1.54) is 0 Å². The summed E-state index contributed by atoms with van der Waals surface area (Å²) in [5, 5.41) is 3.04. The minimum Gasteiger partial charge on any atom is -0.391 e. The largest absolute Gasteiger partial charge is 0.391 e. The zero-order valence-electron chi connectivity index (χ0n) is 12.5. The number of Topliss-reactive ketones (excluding diaryl/α,β-unsaturated/α-hetero) is 1. The predicted molar refractivity (Wildman–Crippen MR) is 90.9 cm³/mol. The molecule has 0 rings (SSSR count). The molecule has 0 spiro atoms. The first-order valence-electron chi connectivity index (χ1n) is 6.63. The molecule has 0 bridgehead atoms. The summed E-state index contributed by atoms with van der Waals surface area (Å²) in [5.41, 5.74) is 0. The number of ketones is 1. The van der Waals surface area contributed by atoms with Crippen molar-refractivity contribution in [3.8, 4) is 0 Å². The SMILES string of the molecule is C=CNCCSC(=C)CCC(=O)CCC(C)(C)SC. The van der Waals surface area contributed by atoms with Crippen LogP contribution in [0, 0.1) is 0 Å². The first kappa shape index (κ1) is 18.7. The molecule has 2 nitrogen and oxygen atoms in total. The fourth-order valence-electron chi connectivity index (χ4n) is 1.37. The summed E-state index contributed by atoms with van der Waals surface area (Å²) < 4.78 is 0.206. The molecule has 0 aliphatic rings. The molecule has 0 unspecified atom stereocenters. The topological polar surface area (TPSA) is 29.1 Å². The van der Waals surface area contributed by atoms with Crippen LogP contribution in [-0.4, -0.2) is 29.1 Å². The van der Waals surface area contributed by atoms with Crippen LogP contribution in [0.4, 0.5) is 0 Å². The molecule has 4 heteroatoms. The summed E-state index contributed by atoms with van der Waals surface area (Å²) >= 11 is 3.55. The molecular formula is C15H27NOS2. The van der Waals surface area contributed by atoms with E-state index in [2.05, 4.69) is 38.6 Å². The zero-order valence-corrected chi connectivity index (χ0v) is 14.1. The summed E-state index contributed by atoms with van der Waals surface area (Å²) in [7, 11) is 0. The molecule has 0 aromatic heterocycles. The molecule has 0 aromatic rings. The van der Waals surface area contributed by atoms with Crippen LogP contribution in [0.25, 0.3) is 0 Å². The first-order valence-corrected chi connectivity index (χ1v) is 8.84. The second-order valence-electron chi connectivity index (χ2n) is 5.05. The van der Waals surface area contributed by atoms with E-state index in [4.69, 9.17) is 0 Å². The van der Waals surface area contributed by atoms with E-state index < -0.39 is 0 Å². The fourth-order valence-corrected chi connectivity index (χ4v) is 2.44. The lowest BCUT2D eigenvalue weighted by molar-refractivity contribution is -0.119. The van der Waals surface area contributed by atoms with Crippen LogP contribution in [0.3, 0.4) is 0 Å². The summed E-state index contributed by atoms with van der Waals surface area (Å²) in [5.74, 6) is 1.33. The minimum atomic E-state index is 0.206. The summed E-state index contributed by atoms with van der Waals surface area (Å²) in [6.07, 6.45) is 6.86. The Kier molecular flexibility index (Phi) is 10.2. The maximum atomic E-state index is 11.8. The summed E-state index contributed by atoms with van der Waals surface area (Å²) in [4.78, 5) is 12.9. The van der Waals surface area contributed by atoms with Crippen LogP contribution < -0.4 is 5.32 Å². The number of allylic oxidation sites excluding steroid dienone is 1. The van der Waals surface area contributed by atoms with Gasteiger partial charge in [0.2, 0.25) is 0 Å². The number of nitrogens with one attached hydrogen (secondary N) is 1. The molecule has 0 fully saturated rings. The molecule has 19 heavy (non-hydrogen) atoms. The van der Waals surface area contributed by atoms with E-state index in [1.807, 2.05) is 11.8 Å². The standard InChI is InChI=1S/C15H27NOS2/c1-6-16-11-12-19-13(2)7-8-14(17)9-10-15(3,4)18-5/h6,16H,1-2,7-12H2,3-5H3. The number of hydrogen-bond donors (Lipinski definition) is 1. The van der Waals surface area contributed by atoms with Gasteiger partial charge in [-0.2, -0.15) is 11.8 Å². The lowest BCUT2D eigenvalue weighted by Crippen LogP contribution is -2.15. The highest BCUT2D eigenvalue weighted by Gasteiger charge is 2.17. The van der Waals surface area contributed by atoms with Gasteiger partial charge in [0, 0.05) is 29.9 Å². The van der Waals surface area contributed by atoms with Gasteiger partial charge in [-0.05, 0) is 30.2 Å². The monoisotopic (exact) mass is 301 g/mol. The van der Waals surface area contributed by atoms with Gasteiger partial charge in [0.05, 0.1) is 0 Å². The predicted octanol–water partition coefficient (Wildman–Crippen LogP) is 4.24. The smallest absolute Gasteiger partial charge is 0.133 e. The Morgan fingerprint density at radius 2 is 2.00 bits per heavy atom. The molecule has 0 aliphatic carbocycles. The van der Waals surface area contributed by atoms with Crippen LogP contribution in [0.2, 0.25) is 0 Å². The maximum Gasteiger partial charge on any atom is 0.133 e. The van der Waals surface area contributed by atoms with Crippen molar-refractivity contribution in [2.24, 2.45) is 0 Å². The molecule has 0 saturated carbocycles. The third-order valence-electron chi connectivity index (χ3n) is 2.94. The zero-order chi connectivity index (χ0) is 14.7. The number of thioether (sulfide) groups is 2. The van der Waals surface area contributed by atoms with Gasteiger partial charge in [0.1, 0.15) is 5.78 Å². The molecule has 110 valence electrons. The van der Waals surface area contributed by atoms with Crippen molar-refractivity contribution in [3.63, 3.8) is 0 Å². The van der Waals surface area contributed by atoms with Gasteiger partial charge in [-0.25, -0.2) is 0 Å². The highest BCUT2D eigenvalue weighted by Crippen LogP contribution is 2.27. The van der Waals surface area contributed by atoms with Crippen molar-refractivity contribution in [2.75, 3.05) is 18.6 Å². The molecule has 0 radical (unpaired) electrons. The van der Waals surface area contributed by atoms with Gasteiger partial charge in [-0.1, -0.05) is 27.0 Å². The average molecular weight is 302 g/mol. The Hall–Kier alpha value is -0.350. The molecule has 0 aliphatic heterocycles. The quantitative estimate of drug-likeness (QED) is 0.546. The Morgan fingerprint density at radius 1 is 1.32 bits per heavy atom. The van der Waals surface area contributed by atoms with E-state index in [-0.39, 0.29) is 4.75 Å². The molecule has 0 aromatic carbocycles. The van der Waals surface area contributed by atoms with E-state index in [1.54, 1.807) is 18.0 Å². The minimum absolute atomic E-state index is 0.206. The van der Waals surface area contributed by atoms with Crippen LogP contribution >= 0.6 is 23.5 Å². The van der Waals surface area contributed by atoms with Gasteiger partial charge < -0.3 is 5.32 Å². The third-order valence-corrected chi connectivity index (χ3v) is 5.27. The van der Waals surface area contributed by atoms with Gasteiger partial charge in [0.25, 0.3) is 0 Å². The molecule has 0 amide bonds. The molecule has 0 heterocycles. The first-order chi connectivity index (χ1) is 8.91. The molecule has 0 atom stereocenters. The molecule has 1 N–H and O–H groups in total. The Balaban J connectivity index is 3.67. The third kappa shape index (κ3) is 11.2. The maximum absolute atomic E-state index is 11.8. The second kappa shape index (κ2) is 10.4. The van der Waals surface area contributed by atoms with E-state index in [9.17, 15) is 4.79 Å². The van der Waals surface area contributed by atoms with Crippen LogP contribution in [0.15, 0.2) is 24.3 Å². The van der Waals surface area contributed by atoms with Crippen molar-refractivity contribution in [2.45, 2.75) is 44.3 Å². The highest BCUT2D eigenvalue weighted by atomic mass is 32.2. The van der Waals surface area contributed by atoms with Crippen molar-refractivity contribution < 1.29 is 4.79 Å². The van der Waals surface area contributed by atoms with Crippen LogP contribution in [-0.2, 0) is 4.79 Å². The molecular weight excluding hydrogens is 274 g/mol. The number of carbonyl (C=O) groups is 1. The Bertz CT molecular complexity index is 301. The van der Waals surface area contributed by atoms with Crippen LogP contribution in [0.5, 0.6) is 0 Å². The van der Waals surface area contributed by atoms with Gasteiger partial charge in [-0.3, -0.25) is 4.79 Å². The lowest BCUT2D eigenvalue weighted by atomic mass is 10.0. The Morgan fingerprint density at radius 3 is 2.58 bits per heavy atom. The number of carbonyl (C=O) groups excluding carboxylic acids is 1. The molecule has 0 saturated heterocycles. The van der Waals surface area contributed by atoms with Crippen molar-refractivity contribution >= 4 is 29.3 Å². The highest BCUT2D eigenvalue weighted by molar-refractivity contribution is 8.03. The second-order valence-corrected chi connectivity index (χ2v) is 7.84. The number of hydrogen-bond acceptors (Lipinski definition) is 4. The summed E-state index contributed by atoms with van der Waals surface area (Å²) in [6, 6.07) is 0. The number of rotatable bonds is 12. The Labute approximate surface area is 126 Å². The van der Waals surface area contributed by atoms with E-state index >= 15 is 0 Å². The fraction of sp³-hybridized carbons (Fsp3) is 0.667. The summed E-state index contributed by atoms with van der Waals surface area (Å²) in [6.45, 7) is 12.9.